The van der Waals surface area contributed by atoms with Crippen LogP contribution in [0.4, 0.5) is 0 Å². The van der Waals surface area contributed by atoms with Gasteiger partial charge in [0.15, 0.2) is 0 Å². The van der Waals surface area contributed by atoms with E-state index in [0.29, 0.717) is 5.69 Å². The fourth-order valence-corrected chi connectivity index (χ4v) is 1.02. The zero-order chi connectivity index (χ0) is 11.8. The molecule has 82 valence electrons. The molecule has 0 fully saturated rings. The molecule has 0 aliphatic rings. The summed E-state index contributed by atoms with van der Waals surface area (Å²) in [4.78, 5) is 15.3. The molecule has 0 aliphatic carbocycles. The van der Waals surface area contributed by atoms with Crippen LogP contribution >= 0.6 is 0 Å². The second-order valence-electron chi connectivity index (χ2n) is 2.98. The lowest BCUT2D eigenvalue weighted by molar-refractivity contribution is -0.135. The summed E-state index contributed by atoms with van der Waals surface area (Å²) in [6.45, 7) is 7.14. The molecule has 0 spiro atoms. The van der Waals surface area contributed by atoms with Gasteiger partial charge in [0.25, 0.3) is 0 Å². The zero-order valence-electron chi connectivity index (χ0n) is 8.93. The molecular formula is C13H13NO2. The Hall–Kier alpha value is -2.16. The van der Waals surface area contributed by atoms with Gasteiger partial charge in [-0.3, -0.25) is 9.78 Å². The molecular weight excluding hydrogens is 202 g/mol. The van der Waals surface area contributed by atoms with Crippen LogP contribution in [0.3, 0.4) is 0 Å². The zero-order valence-corrected chi connectivity index (χ0v) is 8.93. The number of pyridine rings is 1. The Morgan fingerprint density at radius 3 is 2.94 bits per heavy atom. The standard InChI is InChI=1S/C13H13NO2/c1-3-4-5-9-13(15)16-11(2)12-8-6-7-10-14-12/h3-8,10H,1-2,9H2/b5-4+. The Balaban J connectivity index is 2.49. The molecule has 1 rings (SSSR count). The van der Waals surface area contributed by atoms with Crippen molar-refractivity contribution in [3.05, 3.63) is 61.5 Å². The molecule has 0 radical (unpaired) electrons. The first kappa shape index (κ1) is 11.9. The minimum absolute atomic E-state index is 0.192. The van der Waals surface area contributed by atoms with Gasteiger partial charge < -0.3 is 4.74 Å². The van der Waals surface area contributed by atoms with E-state index in [1.165, 1.54) is 0 Å². The van der Waals surface area contributed by atoms with Crippen LogP contribution in [0.25, 0.3) is 5.76 Å². The van der Waals surface area contributed by atoms with Crippen molar-refractivity contribution < 1.29 is 9.53 Å². The molecule has 1 aromatic rings. The maximum Gasteiger partial charge on any atom is 0.315 e. The third kappa shape index (κ3) is 3.92. The SMILES string of the molecule is C=C/C=C/CC(=O)OC(=C)c1ccccn1. The summed E-state index contributed by atoms with van der Waals surface area (Å²) in [5.41, 5.74) is 0.559. The minimum Gasteiger partial charge on any atom is -0.425 e. The number of carbonyl (C=O) groups is 1. The van der Waals surface area contributed by atoms with E-state index < -0.39 is 0 Å². The molecule has 0 unspecified atom stereocenters. The average molecular weight is 215 g/mol. The highest BCUT2D eigenvalue weighted by Crippen LogP contribution is 2.10. The van der Waals surface area contributed by atoms with Gasteiger partial charge in [0, 0.05) is 6.20 Å². The molecule has 3 nitrogen and oxygen atoms in total. The lowest BCUT2D eigenvalue weighted by Crippen LogP contribution is -2.02. The molecule has 0 amide bonds. The molecule has 0 saturated heterocycles. The lowest BCUT2D eigenvalue weighted by Gasteiger charge is -2.04. The highest BCUT2D eigenvalue weighted by molar-refractivity contribution is 5.77. The first-order valence-corrected chi connectivity index (χ1v) is 4.82. The number of rotatable bonds is 5. The van der Waals surface area contributed by atoms with E-state index in [2.05, 4.69) is 18.1 Å². The van der Waals surface area contributed by atoms with Crippen LogP contribution in [-0.2, 0) is 9.53 Å². The fourth-order valence-electron chi connectivity index (χ4n) is 1.02. The van der Waals surface area contributed by atoms with Gasteiger partial charge in [-0.15, -0.1) is 0 Å². The number of hydrogen-bond acceptors (Lipinski definition) is 3. The fraction of sp³-hybridized carbons (Fsp3) is 0.0769. The van der Waals surface area contributed by atoms with Crippen molar-refractivity contribution >= 4 is 11.7 Å². The Kier molecular flexibility index (Phi) is 4.73. The topological polar surface area (TPSA) is 39.2 Å². The first-order valence-electron chi connectivity index (χ1n) is 4.82. The van der Waals surface area contributed by atoms with Crippen LogP contribution in [0.2, 0.25) is 0 Å². The predicted octanol–water partition coefficient (Wildman–Crippen LogP) is 2.73. The summed E-state index contributed by atoms with van der Waals surface area (Å²) in [6, 6.07) is 5.32. The molecule has 1 aromatic heterocycles. The highest BCUT2D eigenvalue weighted by atomic mass is 16.5. The van der Waals surface area contributed by atoms with Crippen molar-refractivity contribution in [2.24, 2.45) is 0 Å². The van der Waals surface area contributed by atoms with Gasteiger partial charge in [-0.25, -0.2) is 0 Å². The van der Waals surface area contributed by atoms with Gasteiger partial charge in [-0.2, -0.15) is 0 Å². The summed E-state index contributed by atoms with van der Waals surface area (Å²) in [5.74, 6) is -0.105. The number of hydrogen-bond donors (Lipinski definition) is 0. The van der Waals surface area contributed by atoms with E-state index in [-0.39, 0.29) is 18.1 Å². The molecule has 0 aliphatic heterocycles. The summed E-state index contributed by atoms with van der Waals surface area (Å²) < 4.78 is 5.00. The molecule has 0 bridgehead atoms. The Labute approximate surface area is 94.8 Å². The quantitative estimate of drug-likeness (QED) is 0.430. The Bertz CT molecular complexity index is 407. The molecule has 0 atom stereocenters. The Morgan fingerprint density at radius 2 is 2.31 bits per heavy atom. The van der Waals surface area contributed by atoms with Crippen molar-refractivity contribution in [2.45, 2.75) is 6.42 Å². The minimum atomic E-state index is -0.367. The number of nitrogens with zero attached hydrogens (tertiary/aromatic N) is 1. The number of carbonyl (C=O) groups excluding carboxylic acids is 1. The summed E-state index contributed by atoms with van der Waals surface area (Å²) >= 11 is 0. The van der Waals surface area contributed by atoms with Crippen molar-refractivity contribution in [1.82, 2.24) is 4.98 Å². The van der Waals surface area contributed by atoms with Gasteiger partial charge in [0.2, 0.25) is 0 Å². The molecule has 0 N–H and O–H groups in total. The average Bonchev–Trinajstić information content (AvgIpc) is 2.30. The number of aromatic nitrogens is 1. The van der Waals surface area contributed by atoms with Gasteiger partial charge >= 0.3 is 5.97 Å². The first-order chi connectivity index (χ1) is 7.74. The number of ether oxygens (including phenoxy) is 1. The van der Waals surface area contributed by atoms with E-state index in [1.54, 1.807) is 42.6 Å². The molecule has 0 saturated carbocycles. The third-order valence-corrected chi connectivity index (χ3v) is 1.74. The van der Waals surface area contributed by atoms with Crippen LogP contribution in [0.1, 0.15) is 12.1 Å². The van der Waals surface area contributed by atoms with Crippen molar-refractivity contribution in [3.63, 3.8) is 0 Å². The predicted molar refractivity (Wildman–Crippen MR) is 63.3 cm³/mol. The summed E-state index contributed by atoms with van der Waals surface area (Å²) in [5, 5.41) is 0. The van der Waals surface area contributed by atoms with E-state index >= 15 is 0 Å². The van der Waals surface area contributed by atoms with Crippen LogP contribution in [0.15, 0.2) is 55.8 Å². The highest BCUT2D eigenvalue weighted by Gasteiger charge is 2.06. The molecule has 3 heteroatoms. The normalized spacial score (nSPS) is 10.0. The summed E-state index contributed by atoms with van der Waals surface area (Å²) in [6.07, 6.45) is 6.76. The van der Waals surface area contributed by atoms with Gasteiger partial charge in [0.05, 0.1) is 6.42 Å². The monoisotopic (exact) mass is 215 g/mol. The lowest BCUT2D eigenvalue weighted by atomic mass is 10.3. The van der Waals surface area contributed by atoms with E-state index in [0.717, 1.165) is 0 Å². The van der Waals surface area contributed by atoms with Gasteiger partial charge in [0.1, 0.15) is 11.5 Å². The number of esters is 1. The van der Waals surface area contributed by atoms with Crippen molar-refractivity contribution in [3.8, 4) is 0 Å². The maximum absolute atomic E-state index is 11.3. The van der Waals surface area contributed by atoms with Crippen molar-refractivity contribution in [1.29, 1.82) is 0 Å². The van der Waals surface area contributed by atoms with Gasteiger partial charge in [-0.05, 0) is 12.1 Å². The van der Waals surface area contributed by atoms with Crippen LogP contribution in [0, 0.1) is 0 Å². The van der Waals surface area contributed by atoms with Crippen LogP contribution in [0.5, 0.6) is 0 Å². The van der Waals surface area contributed by atoms with Crippen molar-refractivity contribution in [2.75, 3.05) is 0 Å². The number of allylic oxidation sites excluding steroid dienone is 2. The van der Waals surface area contributed by atoms with E-state index in [9.17, 15) is 4.79 Å². The van der Waals surface area contributed by atoms with Crippen LogP contribution in [-0.4, -0.2) is 11.0 Å². The molecule has 1 heterocycles. The molecule has 16 heavy (non-hydrogen) atoms. The summed E-state index contributed by atoms with van der Waals surface area (Å²) in [7, 11) is 0. The molecule has 0 aromatic carbocycles. The van der Waals surface area contributed by atoms with E-state index in [1.807, 2.05) is 0 Å². The second kappa shape index (κ2) is 6.35. The Morgan fingerprint density at radius 1 is 1.50 bits per heavy atom. The smallest absolute Gasteiger partial charge is 0.315 e. The van der Waals surface area contributed by atoms with Gasteiger partial charge in [-0.1, -0.05) is 37.5 Å². The van der Waals surface area contributed by atoms with E-state index in [4.69, 9.17) is 4.74 Å². The maximum atomic E-state index is 11.3. The van der Waals surface area contributed by atoms with Crippen LogP contribution < -0.4 is 0 Å². The third-order valence-electron chi connectivity index (χ3n) is 1.74. The largest absolute Gasteiger partial charge is 0.425 e. The second-order valence-corrected chi connectivity index (χ2v) is 2.98.